The molecule has 1 saturated heterocycles. The van der Waals surface area contributed by atoms with Crippen LogP contribution in [-0.2, 0) is 6.54 Å². The number of fused-ring (bicyclic) bond motifs is 1. The molecule has 27 heavy (non-hydrogen) atoms. The number of aromatic nitrogens is 2. The van der Waals surface area contributed by atoms with E-state index in [0.717, 1.165) is 49.6 Å². The van der Waals surface area contributed by atoms with Gasteiger partial charge in [0.15, 0.2) is 0 Å². The Labute approximate surface area is 159 Å². The van der Waals surface area contributed by atoms with Crippen LogP contribution in [0.3, 0.4) is 0 Å². The van der Waals surface area contributed by atoms with Crippen LogP contribution < -0.4 is 5.32 Å². The monoisotopic (exact) mass is 363 g/mol. The number of pyridine rings is 1. The number of hydrogen-bond donors (Lipinski definition) is 1. The van der Waals surface area contributed by atoms with E-state index in [2.05, 4.69) is 41.3 Å². The standard InChI is InChI=1S/C21H25N5O/c1-16-6-7-18(13-17(16)2)22-21(27)25-11-9-24(10-12-25)15-19-14-20-5-3-4-8-26(20)23-19/h3-8,13-14H,9-12,15H2,1-2H3,(H,22,27). The van der Waals surface area contributed by atoms with E-state index >= 15 is 0 Å². The number of nitrogens with one attached hydrogen (secondary N) is 1. The van der Waals surface area contributed by atoms with E-state index in [-0.39, 0.29) is 6.03 Å². The minimum absolute atomic E-state index is 0.0226. The fourth-order valence-electron chi connectivity index (χ4n) is 3.43. The van der Waals surface area contributed by atoms with Crippen LogP contribution in [0.25, 0.3) is 5.52 Å². The number of carbonyl (C=O) groups is 1. The van der Waals surface area contributed by atoms with E-state index < -0.39 is 0 Å². The number of urea groups is 1. The first-order valence-electron chi connectivity index (χ1n) is 9.37. The molecule has 1 aliphatic heterocycles. The molecule has 6 heteroatoms. The molecule has 0 saturated carbocycles. The highest BCUT2D eigenvalue weighted by atomic mass is 16.2. The summed E-state index contributed by atoms with van der Waals surface area (Å²) in [4.78, 5) is 16.8. The highest BCUT2D eigenvalue weighted by Gasteiger charge is 2.21. The number of hydrogen-bond acceptors (Lipinski definition) is 3. The summed E-state index contributed by atoms with van der Waals surface area (Å²) in [6.45, 7) is 8.11. The molecule has 6 nitrogen and oxygen atoms in total. The quantitative estimate of drug-likeness (QED) is 0.777. The lowest BCUT2D eigenvalue weighted by Crippen LogP contribution is -2.49. The molecule has 3 heterocycles. The fraction of sp³-hybridized carbons (Fsp3) is 0.333. The molecule has 3 aromatic rings. The SMILES string of the molecule is Cc1ccc(NC(=O)N2CCN(Cc3cc4ccccn4n3)CC2)cc1C. The van der Waals surface area contributed by atoms with E-state index in [1.165, 1.54) is 11.1 Å². The van der Waals surface area contributed by atoms with Crippen molar-refractivity contribution >= 4 is 17.2 Å². The highest BCUT2D eigenvalue weighted by molar-refractivity contribution is 5.89. The number of carbonyl (C=O) groups excluding carboxylic acids is 1. The van der Waals surface area contributed by atoms with Gasteiger partial charge in [-0.2, -0.15) is 5.10 Å². The third-order valence-electron chi connectivity index (χ3n) is 5.22. The van der Waals surface area contributed by atoms with Gasteiger partial charge in [0.05, 0.1) is 11.2 Å². The second kappa shape index (κ2) is 7.40. The summed E-state index contributed by atoms with van der Waals surface area (Å²) in [5.41, 5.74) is 5.45. The van der Waals surface area contributed by atoms with Crippen molar-refractivity contribution in [3.8, 4) is 0 Å². The first-order valence-corrected chi connectivity index (χ1v) is 9.37. The molecule has 1 fully saturated rings. The lowest BCUT2D eigenvalue weighted by Gasteiger charge is -2.34. The number of rotatable bonds is 3. The maximum atomic E-state index is 12.5. The van der Waals surface area contributed by atoms with Gasteiger partial charge in [-0.05, 0) is 55.3 Å². The third kappa shape index (κ3) is 3.95. The van der Waals surface area contributed by atoms with Crippen molar-refractivity contribution in [1.29, 1.82) is 0 Å². The Hall–Kier alpha value is -2.86. The highest BCUT2D eigenvalue weighted by Crippen LogP contribution is 2.16. The molecular formula is C21H25N5O. The maximum Gasteiger partial charge on any atom is 0.321 e. The molecule has 0 atom stereocenters. The second-order valence-corrected chi connectivity index (χ2v) is 7.20. The first kappa shape index (κ1) is 17.5. The molecule has 0 radical (unpaired) electrons. The molecule has 0 unspecified atom stereocenters. The van der Waals surface area contributed by atoms with Crippen LogP contribution in [0.5, 0.6) is 0 Å². The molecule has 0 aliphatic carbocycles. The predicted octanol–water partition coefficient (Wildman–Crippen LogP) is 3.30. The zero-order valence-electron chi connectivity index (χ0n) is 15.9. The number of anilines is 1. The summed E-state index contributed by atoms with van der Waals surface area (Å²) < 4.78 is 1.91. The van der Waals surface area contributed by atoms with Crippen LogP contribution in [0, 0.1) is 13.8 Å². The van der Waals surface area contributed by atoms with Crippen molar-refractivity contribution in [2.24, 2.45) is 0 Å². The Kier molecular flexibility index (Phi) is 4.81. The molecule has 1 aliphatic rings. The zero-order valence-corrected chi connectivity index (χ0v) is 15.9. The Balaban J connectivity index is 1.31. The minimum atomic E-state index is -0.0226. The smallest absolute Gasteiger partial charge is 0.321 e. The van der Waals surface area contributed by atoms with E-state index in [1.54, 1.807) is 0 Å². The van der Waals surface area contributed by atoms with Gasteiger partial charge in [-0.25, -0.2) is 9.31 Å². The van der Waals surface area contributed by atoms with Crippen molar-refractivity contribution in [2.75, 3.05) is 31.5 Å². The Morgan fingerprint density at radius 1 is 1.04 bits per heavy atom. The average Bonchev–Trinajstić information content (AvgIpc) is 3.07. The summed E-state index contributed by atoms with van der Waals surface area (Å²) >= 11 is 0. The molecular weight excluding hydrogens is 338 g/mol. The number of aryl methyl sites for hydroxylation is 2. The lowest BCUT2D eigenvalue weighted by molar-refractivity contribution is 0.142. The van der Waals surface area contributed by atoms with Crippen LogP contribution in [0.15, 0.2) is 48.7 Å². The van der Waals surface area contributed by atoms with Gasteiger partial charge in [0.25, 0.3) is 0 Å². The van der Waals surface area contributed by atoms with Gasteiger partial charge >= 0.3 is 6.03 Å². The van der Waals surface area contributed by atoms with Crippen molar-refractivity contribution < 1.29 is 4.79 Å². The summed E-state index contributed by atoms with van der Waals surface area (Å²) in [5, 5.41) is 7.63. The third-order valence-corrected chi connectivity index (χ3v) is 5.22. The van der Waals surface area contributed by atoms with Crippen LogP contribution in [0.4, 0.5) is 10.5 Å². The number of benzene rings is 1. The van der Waals surface area contributed by atoms with Gasteiger partial charge in [-0.3, -0.25) is 4.90 Å². The predicted molar refractivity (Wildman–Crippen MR) is 107 cm³/mol. The first-order chi connectivity index (χ1) is 13.1. The van der Waals surface area contributed by atoms with Crippen molar-refractivity contribution in [3.05, 3.63) is 65.5 Å². The molecule has 2 amide bonds. The summed E-state index contributed by atoms with van der Waals surface area (Å²) in [6.07, 6.45) is 1.97. The molecule has 2 aromatic heterocycles. The normalized spacial score (nSPS) is 15.3. The van der Waals surface area contributed by atoms with Gasteiger partial charge in [0, 0.05) is 44.6 Å². The van der Waals surface area contributed by atoms with E-state index in [0.29, 0.717) is 0 Å². The summed E-state index contributed by atoms with van der Waals surface area (Å²) in [7, 11) is 0. The molecule has 0 bridgehead atoms. The lowest BCUT2D eigenvalue weighted by atomic mass is 10.1. The fourth-order valence-corrected chi connectivity index (χ4v) is 3.43. The molecule has 4 rings (SSSR count). The summed E-state index contributed by atoms with van der Waals surface area (Å²) in [6, 6.07) is 14.2. The van der Waals surface area contributed by atoms with Crippen molar-refractivity contribution in [2.45, 2.75) is 20.4 Å². The molecule has 1 N–H and O–H groups in total. The van der Waals surface area contributed by atoms with Crippen LogP contribution in [-0.4, -0.2) is 51.6 Å². The Morgan fingerprint density at radius 2 is 1.85 bits per heavy atom. The zero-order chi connectivity index (χ0) is 18.8. The molecule has 0 spiro atoms. The van der Waals surface area contributed by atoms with Crippen LogP contribution in [0.1, 0.15) is 16.8 Å². The van der Waals surface area contributed by atoms with Gasteiger partial charge < -0.3 is 10.2 Å². The summed E-state index contributed by atoms with van der Waals surface area (Å²) in [5.74, 6) is 0. The van der Waals surface area contributed by atoms with Crippen LogP contribution in [0.2, 0.25) is 0 Å². The van der Waals surface area contributed by atoms with E-state index in [9.17, 15) is 4.79 Å². The Morgan fingerprint density at radius 3 is 2.59 bits per heavy atom. The van der Waals surface area contributed by atoms with Gasteiger partial charge in [0.1, 0.15) is 0 Å². The minimum Gasteiger partial charge on any atom is -0.322 e. The van der Waals surface area contributed by atoms with Crippen molar-refractivity contribution in [3.63, 3.8) is 0 Å². The van der Waals surface area contributed by atoms with Crippen LogP contribution >= 0.6 is 0 Å². The second-order valence-electron chi connectivity index (χ2n) is 7.20. The van der Waals surface area contributed by atoms with Crippen molar-refractivity contribution in [1.82, 2.24) is 19.4 Å². The number of nitrogens with zero attached hydrogens (tertiary/aromatic N) is 4. The Bertz CT molecular complexity index is 923. The van der Waals surface area contributed by atoms with Gasteiger partial charge in [-0.15, -0.1) is 0 Å². The number of piperazine rings is 1. The van der Waals surface area contributed by atoms with E-state index in [1.807, 2.05) is 45.9 Å². The molecule has 1 aromatic carbocycles. The number of amides is 2. The average molecular weight is 363 g/mol. The maximum absolute atomic E-state index is 12.5. The van der Waals surface area contributed by atoms with E-state index in [4.69, 9.17) is 0 Å². The largest absolute Gasteiger partial charge is 0.322 e. The van der Waals surface area contributed by atoms with Gasteiger partial charge in [0.2, 0.25) is 0 Å². The topological polar surface area (TPSA) is 52.9 Å². The molecule has 140 valence electrons. The van der Waals surface area contributed by atoms with Gasteiger partial charge in [-0.1, -0.05) is 12.1 Å².